The number of hydrogen-bond acceptors (Lipinski definition) is 2. The van der Waals surface area contributed by atoms with Gasteiger partial charge in [0.15, 0.2) is 0 Å². The van der Waals surface area contributed by atoms with Gasteiger partial charge in [0.25, 0.3) is 0 Å². The van der Waals surface area contributed by atoms with E-state index in [1.165, 1.54) is 0 Å². The molecule has 1 fully saturated rings. The summed E-state index contributed by atoms with van der Waals surface area (Å²) in [5.74, 6) is 0.0116. The van der Waals surface area contributed by atoms with Crippen LogP contribution in [0.15, 0.2) is 0 Å². The zero-order valence-electron chi connectivity index (χ0n) is 6.81. The van der Waals surface area contributed by atoms with Crippen LogP contribution in [0.5, 0.6) is 0 Å². The lowest BCUT2D eigenvalue weighted by Crippen LogP contribution is -2.36. The molecular formula is C8H14O2. The van der Waals surface area contributed by atoms with Gasteiger partial charge in [-0.15, -0.1) is 0 Å². The van der Waals surface area contributed by atoms with E-state index < -0.39 is 0 Å². The smallest absolute Gasteiger partial charge is 0.309 e. The third-order valence-corrected chi connectivity index (χ3v) is 2.52. The fourth-order valence-corrected chi connectivity index (χ4v) is 1.08. The van der Waals surface area contributed by atoms with Crippen LogP contribution in [-0.2, 0) is 9.53 Å². The highest BCUT2D eigenvalue weighted by Gasteiger charge is 2.36. The Balaban J connectivity index is 2.69. The monoisotopic (exact) mass is 142 g/mol. The minimum absolute atomic E-state index is 0.0451. The van der Waals surface area contributed by atoms with Crippen LogP contribution >= 0.6 is 0 Å². The summed E-state index contributed by atoms with van der Waals surface area (Å²) in [5.41, 5.74) is 0.134. The predicted octanol–water partition coefficient (Wildman–Crippen LogP) is 1.60. The van der Waals surface area contributed by atoms with Crippen molar-refractivity contribution in [1.29, 1.82) is 0 Å². The van der Waals surface area contributed by atoms with E-state index in [1.807, 2.05) is 6.92 Å². The maximum atomic E-state index is 11.0. The van der Waals surface area contributed by atoms with E-state index >= 15 is 0 Å². The summed E-state index contributed by atoms with van der Waals surface area (Å²) < 4.78 is 4.89. The lowest BCUT2D eigenvalue weighted by Gasteiger charge is -2.34. The summed E-state index contributed by atoms with van der Waals surface area (Å²) in [6, 6.07) is 0. The van der Waals surface area contributed by atoms with Gasteiger partial charge in [-0.05, 0) is 11.8 Å². The summed E-state index contributed by atoms with van der Waals surface area (Å²) in [6.07, 6.45) is 0.986. The van der Waals surface area contributed by atoms with Crippen molar-refractivity contribution < 1.29 is 9.53 Å². The molecule has 2 heteroatoms. The molecule has 0 aromatic heterocycles. The van der Waals surface area contributed by atoms with Crippen LogP contribution in [0.3, 0.4) is 0 Å². The van der Waals surface area contributed by atoms with Crippen molar-refractivity contribution in [3.8, 4) is 0 Å². The molecule has 2 nitrogen and oxygen atoms in total. The van der Waals surface area contributed by atoms with Crippen molar-refractivity contribution in [2.45, 2.75) is 27.2 Å². The molecule has 10 heavy (non-hydrogen) atoms. The van der Waals surface area contributed by atoms with Gasteiger partial charge in [0.2, 0.25) is 0 Å². The Morgan fingerprint density at radius 1 is 1.60 bits per heavy atom. The molecular weight excluding hydrogens is 128 g/mol. The molecule has 1 heterocycles. The third kappa shape index (κ3) is 1.15. The molecule has 1 aliphatic rings. The van der Waals surface area contributed by atoms with E-state index in [4.69, 9.17) is 4.74 Å². The van der Waals surface area contributed by atoms with E-state index in [-0.39, 0.29) is 17.3 Å². The Hall–Kier alpha value is -0.530. The topological polar surface area (TPSA) is 26.3 Å². The van der Waals surface area contributed by atoms with Crippen molar-refractivity contribution in [3.05, 3.63) is 0 Å². The zero-order chi connectivity index (χ0) is 7.78. The standard InChI is InChI=1S/C8H14O2/c1-6-7(9)10-5-4-8(6,2)3/h6H,4-5H2,1-3H3/t6-/m0/s1. The van der Waals surface area contributed by atoms with E-state index in [9.17, 15) is 4.79 Å². The second-order valence-corrected chi connectivity index (χ2v) is 3.63. The lowest BCUT2D eigenvalue weighted by molar-refractivity contribution is -0.159. The molecule has 0 radical (unpaired) electrons. The van der Waals surface area contributed by atoms with Gasteiger partial charge in [-0.1, -0.05) is 20.8 Å². The highest BCUT2D eigenvalue weighted by molar-refractivity contribution is 5.73. The first kappa shape index (κ1) is 7.58. The van der Waals surface area contributed by atoms with Crippen LogP contribution in [0.25, 0.3) is 0 Å². The minimum Gasteiger partial charge on any atom is -0.465 e. The molecule has 0 unspecified atom stereocenters. The van der Waals surface area contributed by atoms with Crippen molar-refractivity contribution >= 4 is 5.97 Å². The molecule has 0 spiro atoms. The van der Waals surface area contributed by atoms with Gasteiger partial charge in [0.05, 0.1) is 12.5 Å². The number of cyclic esters (lactones) is 1. The van der Waals surface area contributed by atoms with Crippen molar-refractivity contribution in [2.75, 3.05) is 6.61 Å². The molecule has 1 rings (SSSR count). The Bertz CT molecular complexity index is 149. The fraction of sp³-hybridized carbons (Fsp3) is 0.875. The first-order valence-electron chi connectivity index (χ1n) is 3.71. The van der Waals surface area contributed by atoms with Gasteiger partial charge in [0.1, 0.15) is 0 Å². The first-order valence-corrected chi connectivity index (χ1v) is 3.71. The summed E-state index contributed by atoms with van der Waals surface area (Å²) in [7, 11) is 0. The van der Waals surface area contributed by atoms with Gasteiger partial charge in [-0.3, -0.25) is 4.79 Å². The van der Waals surface area contributed by atoms with Crippen LogP contribution in [0.2, 0.25) is 0 Å². The Kier molecular flexibility index (Phi) is 1.71. The van der Waals surface area contributed by atoms with Crippen LogP contribution in [0.1, 0.15) is 27.2 Å². The SMILES string of the molecule is C[C@H]1C(=O)OCCC1(C)C. The molecule has 1 saturated heterocycles. The summed E-state index contributed by atoms with van der Waals surface area (Å²) in [6.45, 7) is 6.74. The Morgan fingerprint density at radius 3 is 2.60 bits per heavy atom. The normalized spacial score (nSPS) is 31.5. The highest BCUT2D eigenvalue weighted by Crippen LogP contribution is 2.34. The molecule has 0 aromatic rings. The molecule has 0 bridgehead atoms. The molecule has 0 amide bonds. The number of rotatable bonds is 0. The molecule has 0 N–H and O–H groups in total. The molecule has 0 aliphatic carbocycles. The van der Waals surface area contributed by atoms with Crippen molar-refractivity contribution in [3.63, 3.8) is 0 Å². The fourth-order valence-electron chi connectivity index (χ4n) is 1.08. The van der Waals surface area contributed by atoms with Crippen LogP contribution < -0.4 is 0 Å². The van der Waals surface area contributed by atoms with Gasteiger partial charge >= 0.3 is 5.97 Å². The maximum Gasteiger partial charge on any atom is 0.309 e. The van der Waals surface area contributed by atoms with Crippen LogP contribution in [-0.4, -0.2) is 12.6 Å². The molecule has 1 aliphatic heterocycles. The maximum absolute atomic E-state index is 11.0. The third-order valence-electron chi connectivity index (χ3n) is 2.52. The number of hydrogen-bond donors (Lipinski definition) is 0. The van der Waals surface area contributed by atoms with Crippen LogP contribution in [0, 0.1) is 11.3 Å². The number of ether oxygens (including phenoxy) is 1. The van der Waals surface area contributed by atoms with E-state index in [0.29, 0.717) is 6.61 Å². The molecule has 58 valence electrons. The molecule has 0 aromatic carbocycles. The first-order chi connectivity index (χ1) is 4.54. The van der Waals surface area contributed by atoms with Crippen molar-refractivity contribution in [1.82, 2.24) is 0 Å². The molecule has 0 saturated carbocycles. The predicted molar refractivity (Wildman–Crippen MR) is 38.5 cm³/mol. The Morgan fingerprint density at radius 2 is 2.20 bits per heavy atom. The second-order valence-electron chi connectivity index (χ2n) is 3.63. The van der Waals surface area contributed by atoms with Gasteiger partial charge in [-0.25, -0.2) is 0 Å². The summed E-state index contributed by atoms with van der Waals surface area (Å²) in [4.78, 5) is 11.0. The largest absolute Gasteiger partial charge is 0.465 e. The van der Waals surface area contributed by atoms with E-state index in [1.54, 1.807) is 0 Å². The quantitative estimate of drug-likeness (QED) is 0.480. The van der Waals surface area contributed by atoms with Crippen LogP contribution in [0.4, 0.5) is 0 Å². The summed E-state index contributed by atoms with van der Waals surface area (Å²) >= 11 is 0. The lowest BCUT2D eigenvalue weighted by atomic mass is 9.76. The van der Waals surface area contributed by atoms with E-state index in [2.05, 4.69) is 13.8 Å². The highest BCUT2D eigenvalue weighted by atomic mass is 16.5. The minimum atomic E-state index is -0.0451. The Labute approximate surface area is 61.6 Å². The average Bonchev–Trinajstić information content (AvgIpc) is 1.83. The average molecular weight is 142 g/mol. The second kappa shape index (κ2) is 2.26. The van der Waals surface area contributed by atoms with Gasteiger partial charge in [0, 0.05) is 0 Å². The number of carbonyl (C=O) groups excluding carboxylic acids is 1. The molecule has 1 atom stereocenters. The van der Waals surface area contributed by atoms with Gasteiger partial charge in [-0.2, -0.15) is 0 Å². The van der Waals surface area contributed by atoms with Crippen molar-refractivity contribution in [2.24, 2.45) is 11.3 Å². The number of esters is 1. The zero-order valence-corrected chi connectivity index (χ0v) is 6.81. The van der Waals surface area contributed by atoms with Gasteiger partial charge < -0.3 is 4.74 Å². The number of carbonyl (C=O) groups is 1. The summed E-state index contributed by atoms with van der Waals surface area (Å²) in [5, 5.41) is 0. The van der Waals surface area contributed by atoms with E-state index in [0.717, 1.165) is 6.42 Å².